The Morgan fingerprint density at radius 2 is 1.87 bits per heavy atom. The minimum atomic E-state index is -0.746. The van der Waals surface area contributed by atoms with Gasteiger partial charge in [0, 0.05) is 35.7 Å². The molecule has 1 unspecified atom stereocenters. The maximum Gasteiger partial charge on any atom is 0.295 e. The molecule has 0 bridgehead atoms. The highest BCUT2D eigenvalue weighted by atomic mass is 32.1. The number of thiophene rings is 1. The Labute approximate surface area is 178 Å². The number of nitro groups is 1. The van der Waals surface area contributed by atoms with Gasteiger partial charge in [0.25, 0.3) is 17.4 Å². The minimum absolute atomic E-state index is 0.0100. The van der Waals surface area contributed by atoms with Crippen molar-refractivity contribution in [2.45, 2.75) is 19.9 Å². The highest BCUT2D eigenvalue weighted by molar-refractivity contribution is 7.10. The second-order valence-corrected chi connectivity index (χ2v) is 7.82. The van der Waals surface area contributed by atoms with E-state index in [4.69, 9.17) is 0 Å². The van der Waals surface area contributed by atoms with E-state index in [0.717, 1.165) is 18.0 Å². The van der Waals surface area contributed by atoms with Crippen molar-refractivity contribution in [1.82, 2.24) is 9.80 Å². The number of benzene rings is 1. The van der Waals surface area contributed by atoms with Crippen LogP contribution in [0, 0.1) is 10.1 Å². The van der Waals surface area contributed by atoms with Crippen molar-refractivity contribution >= 4 is 34.5 Å². The molecule has 1 aromatic heterocycles. The molecule has 1 aliphatic rings. The van der Waals surface area contributed by atoms with Gasteiger partial charge in [0.1, 0.15) is 5.76 Å². The third kappa shape index (κ3) is 4.12. The van der Waals surface area contributed by atoms with Gasteiger partial charge < -0.3 is 14.9 Å². The van der Waals surface area contributed by atoms with Crippen LogP contribution < -0.4 is 0 Å². The fraction of sp³-hybridized carbons (Fsp3) is 0.333. The average Bonchev–Trinajstić information content (AvgIpc) is 3.36. The Morgan fingerprint density at radius 1 is 1.20 bits per heavy atom. The largest absolute Gasteiger partial charge is 0.507 e. The lowest BCUT2D eigenvalue weighted by molar-refractivity contribution is -0.384. The van der Waals surface area contributed by atoms with Crippen molar-refractivity contribution in [2.24, 2.45) is 0 Å². The Morgan fingerprint density at radius 3 is 2.40 bits per heavy atom. The van der Waals surface area contributed by atoms with Crippen LogP contribution >= 0.6 is 11.3 Å². The summed E-state index contributed by atoms with van der Waals surface area (Å²) >= 11 is 1.40. The van der Waals surface area contributed by atoms with E-state index < -0.39 is 22.7 Å². The Balaban J connectivity index is 2.03. The molecule has 0 aliphatic carbocycles. The van der Waals surface area contributed by atoms with Crippen molar-refractivity contribution in [3.63, 3.8) is 0 Å². The van der Waals surface area contributed by atoms with Crippen molar-refractivity contribution in [2.75, 3.05) is 26.2 Å². The van der Waals surface area contributed by atoms with Gasteiger partial charge in [-0.2, -0.15) is 0 Å². The predicted molar refractivity (Wildman–Crippen MR) is 114 cm³/mol. The molecule has 30 heavy (non-hydrogen) atoms. The van der Waals surface area contributed by atoms with Crippen LogP contribution in [0.5, 0.6) is 0 Å². The smallest absolute Gasteiger partial charge is 0.295 e. The minimum Gasteiger partial charge on any atom is -0.507 e. The van der Waals surface area contributed by atoms with Crippen molar-refractivity contribution in [1.29, 1.82) is 0 Å². The first kappa shape index (κ1) is 21.7. The average molecular weight is 429 g/mol. The number of non-ortho nitro benzene ring substituents is 1. The molecule has 1 N–H and O–H groups in total. The lowest BCUT2D eigenvalue weighted by atomic mass is 9.99. The van der Waals surface area contributed by atoms with Crippen LogP contribution in [0.25, 0.3) is 5.76 Å². The van der Waals surface area contributed by atoms with E-state index in [2.05, 4.69) is 4.90 Å². The number of nitrogens with zero attached hydrogens (tertiary/aromatic N) is 3. The van der Waals surface area contributed by atoms with E-state index in [1.807, 2.05) is 31.4 Å². The normalized spacial score (nSPS) is 18.4. The summed E-state index contributed by atoms with van der Waals surface area (Å²) in [6, 6.07) is 8.24. The number of aliphatic hydroxyl groups is 1. The zero-order valence-corrected chi connectivity index (χ0v) is 17.6. The van der Waals surface area contributed by atoms with E-state index in [0.29, 0.717) is 13.1 Å². The Bertz CT molecular complexity index is 965. The molecule has 1 aliphatic heterocycles. The summed E-state index contributed by atoms with van der Waals surface area (Å²) in [5, 5.41) is 23.6. The first-order valence-electron chi connectivity index (χ1n) is 9.68. The molecule has 9 heteroatoms. The summed E-state index contributed by atoms with van der Waals surface area (Å²) in [5.41, 5.74) is 0.140. The summed E-state index contributed by atoms with van der Waals surface area (Å²) in [7, 11) is 0. The molecule has 1 amide bonds. The second-order valence-electron chi connectivity index (χ2n) is 6.84. The highest BCUT2D eigenvalue weighted by Gasteiger charge is 2.46. The van der Waals surface area contributed by atoms with E-state index in [1.54, 1.807) is 0 Å². The number of carbonyl (C=O) groups excluding carboxylic acids is 2. The summed E-state index contributed by atoms with van der Waals surface area (Å²) in [5.74, 6) is -1.72. The number of carbonyl (C=O) groups is 2. The first-order chi connectivity index (χ1) is 14.4. The molecule has 1 atom stereocenters. The molecular weight excluding hydrogens is 406 g/mol. The molecule has 3 rings (SSSR count). The van der Waals surface area contributed by atoms with Crippen molar-refractivity contribution < 1.29 is 19.6 Å². The zero-order valence-electron chi connectivity index (χ0n) is 16.8. The zero-order chi connectivity index (χ0) is 21.8. The van der Waals surface area contributed by atoms with Crippen LogP contribution in [0.1, 0.15) is 30.3 Å². The standard InChI is InChI=1S/C21H23N3O5S/c1-3-22(4-2)11-12-23-18(16-6-5-13-30-16)17(20(26)21(23)27)19(25)14-7-9-15(10-8-14)24(28)29/h5-10,13,18,25H,3-4,11-12H2,1-2H3/b19-17-. The Hall–Kier alpha value is -3.04. The van der Waals surface area contributed by atoms with Crippen LogP contribution in [-0.4, -0.2) is 57.7 Å². The van der Waals surface area contributed by atoms with Crippen LogP contribution in [0.3, 0.4) is 0 Å². The molecule has 0 spiro atoms. The topological polar surface area (TPSA) is 104 Å². The maximum absolute atomic E-state index is 12.9. The van der Waals surface area contributed by atoms with Gasteiger partial charge in [-0.25, -0.2) is 0 Å². The molecule has 2 heterocycles. The second kappa shape index (κ2) is 9.19. The third-order valence-corrected chi connectivity index (χ3v) is 6.18. The molecule has 158 valence electrons. The number of likely N-dealkylation sites (N-methyl/N-ethyl adjacent to an activating group) is 1. The number of ketones is 1. The summed E-state index contributed by atoms with van der Waals surface area (Å²) in [6.45, 7) is 6.68. The lowest BCUT2D eigenvalue weighted by Crippen LogP contribution is -2.37. The van der Waals surface area contributed by atoms with Gasteiger partial charge in [-0.3, -0.25) is 19.7 Å². The molecule has 1 aromatic carbocycles. The van der Waals surface area contributed by atoms with E-state index in [1.165, 1.54) is 40.5 Å². The third-order valence-electron chi connectivity index (χ3n) is 5.26. The number of likely N-dealkylation sites (tertiary alicyclic amines) is 1. The number of amides is 1. The number of nitro benzene ring substituents is 1. The van der Waals surface area contributed by atoms with Gasteiger partial charge in [-0.05, 0) is 36.7 Å². The monoisotopic (exact) mass is 429 g/mol. The van der Waals surface area contributed by atoms with Crippen LogP contribution in [0.15, 0.2) is 47.4 Å². The molecule has 1 saturated heterocycles. The molecule has 8 nitrogen and oxygen atoms in total. The Kier molecular flexibility index (Phi) is 6.63. The fourth-order valence-electron chi connectivity index (χ4n) is 3.54. The van der Waals surface area contributed by atoms with Crippen molar-refractivity contribution in [3.05, 3.63) is 67.9 Å². The first-order valence-corrected chi connectivity index (χ1v) is 10.6. The van der Waals surface area contributed by atoms with Gasteiger partial charge in [0.2, 0.25) is 0 Å². The number of hydrogen-bond acceptors (Lipinski definition) is 7. The molecule has 0 saturated carbocycles. The summed E-state index contributed by atoms with van der Waals surface area (Å²) in [6.07, 6.45) is 0. The van der Waals surface area contributed by atoms with E-state index in [-0.39, 0.29) is 22.6 Å². The predicted octanol–water partition coefficient (Wildman–Crippen LogP) is 3.42. The molecular formula is C21H23N3O5S. The quantitative estimate of drug-likeness (QED) is 0.227. The molecule has 2 aromatic rings. The number of Topliss-reactive ketones (excluding diaryl/α,β-unsaturated/α-hetero) is 1. The van der Waals surface area contributed by atoms with E-state index in [9.17, 15) is 24.8 Å². The molecule has 0 radical (unpaired) electrons. The molecule has 1 fully saturated rings. The number of rotatable bonds is 8. The maximum atomic E-state index is 12.9. The van der Waals surface area contributed by atoms with Crippen LogP contribution in [0.4, 0.5) is 5.69 Å². The summed E-state index contributed by atoms with van der Waals surface area (Å²) in [4.78, 5) is 40.5. The SMILES string of the molecule is CCN(CC)CCN1C(=O)C(=O)/C(=C(\O)c2ccc([N+](=O)[O-])cc2)C1c1cccs1. The highest BCUT2D eigenvalue weighted by Crippen LogP contribution is 2.41. The number of aliphatic hydroxyl groups excluding tert-OH is 1. The van der Waals surface area contributed by atoms with Gasteiger partial charge in [0.05, 0.1) is 16.5 Å². The number of hydrogen-bond donors (Lipinski definition) is 1. The van der Waals surface area contributed by atoms with Crippen LogP contribution in [-0.2, 0) is 9.59 Å². The summed E-state index contributed by atoms with van der Waals surface area (Å²) < 4.78 is 0. The van der Waals surface area contributed by atoms with Crippen molar-refractivity contribution in [3.8, 4) is 0 Å². The lowest BCUT2D eigenvalue weighted by Gasteiger charge is -2.27. The van der Waals surface area contributed by atoms with Crippen LogP contribution in [0.2, 0.25) is 0 Å². The van der Waals surface area contributed by atoms with E-state index >= 15 is 0 Å². The van der Waals surface area contributed by atoms with Gasteiger partial charge in [0.15, 0.2) is 0 Å². The fourth-order valence-corrected chi connectivity index (χ4v) is 4.38. The van der Waals surface area contributed by atoms with Gasteiger partial charge >= 0.3 is 0 Å². The van der Waals surface area contributed by atoms with Gasteiger partial charge in [-0.1, -0.05) is 19.9 Å². The van der Waals surface area contributed by atoms with Gasteiger partial charge in [-0.15, -0.1) is 11.3 Å².